The molecule has 0 unspecified atom stereocenters. The first-order valence-electron chi connectivity index (χ1n) is 9.59. The van der Waals surface area contributed by atoms with E-state index in [4.69, 9.17) is 18.9 Å². The van der Waals surface area contributed by atoms with Crippen molar-refractivity contribution < 1.29 is 23.7 Å². The fourth-order valence-electron chi connectivity index (χ4n) is 3.24. The number of hydrogen-bond donors (Lipinski definition) is 1. The van der Waals surface area contributed by atoms with Gasteiger partial charge in [-0.3, -0.25) is 9.59 Å². The van der Waals surface area contributed by atoms with E-state index in [2.05, 4.69) is 5.32 Å². The molecule has 4 rings (SSSR count). The molecule has 1 N–H and O–H groups in total. The molecule has 3 aromatic rings. The summed E-state index contributed by atoms with van der Waals surface area (Å²) in [6.07, 6.45) is 1.70. The second kappa shape index (κ2) is 8.87. The third-order valence-electron chi connectivity index (χ3n) is 4.70. The van der Waals surface area contributed by atoms with Crippen molar-refractivity contribution in [1.82, 2.24) is 4.57 Å². The van der Waals surface area contributed by atoms with Crippen molar-refractivity contribution in [2.45, 2.75) is 6.54 Å². The fraction of sp³-hybridized carbons (Fsp3) is 0.273. The average molecular weight is 410 g/mol. The van der Waals surface area contributed by atoms with Gasteiger partial charge in [0.1, 0.15) is 19.0 Å². The maximum atomic E-state index is 12.6. The molecule has 2 heterocycles. The van der Waals surface area contributed by atoms with Crippen LogP contribution in [0.3, 0.4) is 0 Å². The zero-order valence-corrected chi connectivity index (χ0v) is 16.6. The zero-order chi connectivity index (χ0) is 20.9. The molecule has 0 saturated heterocycles. The molecule has 0 fully saturated rings. The van der Waals surface area contributed by atoms with Crippen LogP contribution < -0.4 is 25.1 Å². The Labute approximate surface area is 172 Å². The smallest absolute Gasteiger partial charge is 0.262 e. The maximum Gasteiger partial charge on any atom is 0.262 e. The monoisotopic (exact) mass is 410 g/mol. The van der Waals surface area contributed by atoms with Crippen LogP contribution in [0.5, 0.6) is 17.2 Å². The molecule has 1 aliphatic rings. The lowest BCUT2D eigenvalue weighted by Gasteiger charge is -2.19. The largest absolute Gasteiger partial charge is 0.486 e. The minimum Gasteiger partial charge on any atom is -0.486 e. The molecule has 2 aromatic carbocycles. The van der Waals surface area contributed by atoms with Gasteiger partial charge in [-0.2, -0.15) is 0 Å². The summed E-state index contributed by atoms with van der Waals surface area (Å²) in [5.74, 6) is 1.40. The highest BCUT2D eigenvalue weighted by molar-refractivity contribution is 5.93. The molecule has 1 amide bonds. The van der Waals surface area contributed by atoms with Gasteiger partial charge in [-0.25, -0.2) is 0 Å². The molecule has 0 radical (unpaired) electrons. The number of hydrogen-bond acceptors (Lipinski definition) is 6. The fourth-order valence-corrected chi connectivity index (χ4v) is 3.24. The van der Waals surface area contributed by atoms with Crippen LogP contribution in [0.25, 0.3) is 10.8 Å². The molecule has 156 valence electrons. The summed E-state index contributed by atoms with van der Waals surface area (Å²) >= 11 is 0. The normalized spacial score (nSPS) is 12.6. The molecule has 0 atom stereocenters. The van der Waals surface area contributed by atoms with Crippen molar-refractivity contribution in [2.24, 2.45) is 0 Å². The number of methoxy groups -OCH3 is 1. The van der Waals surface area contributed by atoms with Gasteiger partial charge in [0.25, 0.3) is 11.5 Å². The van der Waals surface area contributed by atoms with Crippen molar-refractivity contribution in [2.75, 3.05) is 38.9 Å². The first-order chi connectivity index (χ1) is 14.7. The summed E-state index contributed by atoms with van der Waals surface area (Å²) < 4.78 is 23.3. The van der Waals surface area contributed by atoms with Crippen molar-refractivity contribution in [3.63, 3.8) is 0 Å². The van der Waals surface area contributed by atoms with Crippen molar-refractivity contribution in [3.8, 4) is 17.2 Å². The first-order valence-corrected chi connectivity index (χ1v) is 9.59. The van der Waals surface area contributed by atoms with E-state index in [1.54, 1.807) is 60.3 Å². The maximum absolute atomic E-state index is 12.6. The van der Waals surface area contributed by atoms with Gasteiger partial charge in [0.2, 0.25) is 0 Å². The van der Waals surface area contributed by atoms with Crippen molar-refractivity contribution in [1.29, 1.82) is 0 Å². The Bertz CT molecular complexity index is 1120. The van der Waals surface area contributed by atoms with E-state index in [1.807, 2.05) is 0 Å². The molecule has 30 heavy (non-hydrogen) atoms. The number of ether oxygens (including phenoxy) is 4. The number of nitrogens with zero attached hydrogens (tertiary/aromatic N) is 1. The van der Waals surface area contributed by atoms with Gasteiger partial charge in [0.05, 0.1) is 12.0 Å². The van der Waals surface area contributed by atoms with Gasteiger partial charge >= 0.3 is 0 Å². The van der Waals surface area contributed by atoms with Crippen LogP contribution in [-0.4, -0.2) is 44.0 Å². The van der Waals surface area contributed by atoms with E-state index >= 15 is 0 Å². The Kier molecular flexibility index (Phi) is 5.85. The quantitative estimate of drug-likeness (QED) is 0.644. The number of carbonyl (C=O) groups excluding carboxylic acids is 1. The van der Waals surface area contributed by atoms with Crippen LogP contribution in [0.15, 0.2) is 53.5 Å². The molecule has 1 aromatic heterocycles. The summed E-state index contributed by atoms with van der Waals surface area (Å²) in [5.41, 5.74) is 0.461. The molecule has 0 aliphatic carbocycles. The Hall–Kier alpha value is -3.52. The third-order valence-corrected chi connectivity index (χ3v) is 4.70. The summed E-state index contributed by atoms with van der Waals surface area (Å²) in [5, 5.41) is 3.96. The highest BCUT2D eigenvalue weighted by Crippen LogP contribution is 2.32. The van der Waals surface area contributed by atoms with Crippen molar-refractivity contribution >= 4 is 22.4 Å². The molecule has 8 heteroatoms. The highest BCUT2D eigenvalue weighted by atomic mass is 16.6. The van der Waals surface area contributed by atoms with E-state index in [0.29, 0.717) is 60.1 Å². The Balaban J connectivity index is 1.45. The van der Waals surface area contributed by atoms with Crippen molar-refractivity contribution in [3.05, 3.63) is 59.0 Å². The Morgan fingerprint density at radius 3 is 2.77 bits per heavy atom. The van der Waals surface area contributed by atoms with Gasteiger partial charge in [0.15, 0.2) is 18.1 Å². The topological polar surface area (TPSA) is 88.0 Å². The molecule has 8 nitrogen and oxygen atoms in total. The van der Waals surface area contributed by atoms with Gasteiger partial charge < -0.3 is 28.8 Å². The number of benzene rings is 2. The Morgan fingerprint density at radius 1 is 1.10 bits per heavy atom. The van der Waals surface area contributed by atoms with Crippen LogP contribution >= 0.6 is 0 Å². The standard InChI is InChI=1S/C22H22N2O6/c1-27-10-9-24-8-7-16-17(22(24)26)3-2-4-18(16)30-14-21(25)23-15-5-6-19-20(13-15)29-12-11-28-19/h2-8,13H,9-12,14H2,1H3,(H,23,25). The van der Waals surface area contributed by atoms with E-state index in [0.717, 1.165) is 0 Å². The van der Waals surface area contributed by atoms with Crippen LogP contribution in [0, 0.1) is 0 Å². The zero-order valence-electron chi connectivity index (χ0n) is 16.6. The van der Waals surface area contributed by atoms with E-state index < -0.39 is 0 Å². The molecule has 0 bridgehead atoms. The number of rotatable bonds is 7. The number of fused-ring (bicyclic) bond motifs is 2. The third kappa shape index (κ3) is 4.23. The lowest BCUT2D eigenvalue weighted by Crippen LogP contribution is -2.22. The number of amides is 1. The molecule has 0 saturated carbocycles. The SMILES string of the molecule is COCCn1ccc2c(OCC(=O)Nc3ccc4c(c3)OCCO4)cccc2c1=O. The first kappa shape index (κ1) is 19.8. The lowest BCUT2D eigenvalue weighted by atomic mass is 10.1. The van der Waals surface area contributed by atoms with Gasteiger partial charge in [-0.15, -0.1) is 0 Å². The van der Waals surface area contributed by atoms with E-state index in [1.165, 1.54) is 0 Å². The molecular formula is C22H22N2O6. The minimum atomic E-state index is -0.322. The summed E-state index contributed by atoms with van der Waals surface area (Å²) in [6.45, 7) is 1.70. The number of carbonyl (C=O) groups is 1. The second-order valence-electron chi connectivity index (χ2n) is 6.72. The number of anilines is 1. The van der Waals surface area contributed by atoms with Gasteiger partial charge in [-0.1, -0.05) is 6.07 Å². The summed E-state index contributed by atoms with van der Waals surface area (Å²) in [4.78, 5) is 25.0. The van der Waals surface area contributed by atoms with E-state index in [-0.39, 0.29) is 18.1 Å². The van der Waals surface area contributed by atoms with Crippen LogP contribution in [0.1, 0.15) is 0 Å². The molecule has 0 spiro atoms. The summed E-state index contributed by atoms with van der Waals surface area (Å²) in [7, 11) is 1.59. The van der Waals surface area contributed by atoms with Gasteiger partial charge in [-0.05, 0) is 30.3 Å². The highest BCUT2D eigenvalue weighted by Gasteiger charge is 2.14. The number of nitrogens with one attached hydrogen (secondary N) is 1. The minimum absolute atomic E-state index is 0.129. The summed E-state index contributed by atoms with van der Waals surface area (Å²) in [6, 6.07) is 12.2. The van der Waals surface area contributed by atoms with Crippen LogP contribution in [0.2, 0.25) is 0 Å². The predicted molar refractivity (Wildman–Crippen MR) is 112 cm³/mol. The number of pyridine rings is 1. The number of aromatic nitrogens is 1. The second-order valence-corrected chi connectivity index (χ2v) is 6.72. The predicted octanol–water partition coefficient (Wildman–Crippen LogP) is 2.44. The molecule has 1 aliphatic heterocycles. The lowest BCUT2D eigenvalue weighted by molar-refractivity contribution is -0.118. The molecular weight excluding hydrogens is 388 g/mol. The average Bonchev–Trinajstić information content (AvgIpc) is 2.77. The van der Waals surface area contributed by atoms with E-state index in [9.17, 15) is 9.59 Å². The Morgan fingerprint density at radius 2 is 1.93 bits per heavy atom. The van der Waals surface area contributed by atoms with Crippen LogP contribution in [0.4, 0.5) is 5.69 Å². The van der Waals surface area contributed by atoms with Crippen LogP contribution in [-0.2, 0) is 16.1 Å². The van der Waals surface area contributed by atoms with Gasteiger partial charge in [0, 0.05) is 37.0 Å².